The Balaban J connectivity index is 2.32. The van der Waals surface area contributed by atoms with Crippen molar-refractivity contribution in [3.05, 3.63) is 29.6 Å². The number of nitrogens with zero attached hydrogens (tertiary/aromatic N) is 2. The van der Waals surface area contributed by atoms with Crippen molar-refractivity contribution in [3.63, 3.8) is 0 Å². The number of benzene rings is 1. The van der Waals surface area contributed by atoms with E-state index < -0.39 is 6.10 Å². The van der Waals surface area contributed by atoms with Crippen LogP contribution >= 0.6 is 0 Å². The lowest BCUT2D eigenvalue weighted by atomic mass is 9.97. The average Bonchev–Trinajstić information content (AvgIpc) is 2.32. The van der Waals surface area contributed by atoms with E-state index >= 15 is 0 Å². The Bertz CT molecular complexity index is 459. The maximum absolute atomic E-state index is 13.4. The van der Waals surface area contributed by atoms with Crippen molar-refractivity contribution in [1.82, 2.24) is 4.90 Å². The number of hydrogen-bond acceptors (Lipinski definition) is 3. The van der Waals surface area contributed by atoms with Crippen molar-refractivity contribution in [3.8, 4) is 0 Å². The van der Waals surface area contributed by atoms with Crippen LogP contribution in [0.1, 0.15) is 32.4 Å². The number of halogens is 1. The normalized spacial score (nSPS) is 21.5. The Hall–Kier alpha value is -1.13. The molecule has 1 fully saturated rings. The highest BCUT2D eigenvalue weighted by Gasteiger charge is 2.32. The van der Waals surface area contributed by atoms with Crippen molar-refractivity contribution < 1.29 is 9.50 Å². The molecule has 0 unspecified atom stereocenters. The molecule has 3 nitrogen and oxygen atoms in total. The molecule has 1 aliphatic heterocycles. The first-order chi connectivity index (χ1) is 8.81. The van der Waals surface area contributed by atoms with E-state index in [2.05, 4.69) is 30.7 Å². The van der Waals surface area contributed by atoms with Crippen LogP contribution < -0.4 is 4.90 Å². The number of aliphatic hydroxyl groups is 1. The fourth-order valence-corrected chi connectivity index (χ4v) is 2.59. The Labute approximate surface area is 114 Å². The zero-order valence-electron chi connectivity index (χ0n) is 12.2. The number of likely N-dealkylation sites (N-methyl/N-ethyl adjacent to an activating group) is 1. The summed E-state index contributed by atoms with van der Waals surface area (Å²) >= 11 is 0. The van der Waals surface area contributed by atoms with Crippen molar-refractivity contribution in [2.75, 3.05) is 31.6 Å². The quantitative estimate of drug-likeness (QED) is 0.890. The second-order valence-electron chi connectivity index (χ2n) is 6.03. The molecule has 0 aliphatic carbocycles. The van der Waals surface area contributed by atoms with Gasteiger partial charge in [0, 0.05) is 36.4 Å². The number of rotatable bonds is 2. The Morgan fingerprint density at radius 2 is 2.00 bits per heavy atom. The molecule has 106 valence electrons. The lowest BCUT2D eigenvalue weighted by Gasteiger charge is -2.46. The number of hydrogen-bond donors (Lipinski definition) is 1. The predicted molar refractivity (Wildman–Crippen MR) is 76.0 cm³/mol. The maximum Gasteiger partial charge on any atom is 0.123 e. The summed E-state index contributed by atoms with van der Waals surface area (Å²) < 4.78 is 13.4. The highest BCUT2D eigenvalue weighted by molar-refractivity contribution is 5.55. The standard InChI is InChI=1S/C15H23FN2O/c1-11(19)13-9-12(16)5-6-14(13)18-8-7-17(4)15(2,3)10-18/h5-6,9,11,19H,7-8,10H2,1-4H3/t11-/m0/s1. The van der Waals surface area contributed by atoms with Crippen LogP contribution in [0.3, 0.4) is 0 Å². The summed E-state index contributed by atoms with van der Waals surface area (Å²) in [6.45, 7) is 8.80. The van der Waals surface area contributed by atoms with Gasteiger partial charge in [-0.25, -0.2) is 4.39 Å². The molecule has 0 saturated carbocycles. The van der Waals surface area contributed by atoms with Gasteiger partial charge in [0.2, 0.25) is 0 Å². The van der Waals surface area contributed by atoms with Crippen LogP contribution in [0.2, 0.25) is 0 Å². The summed E-state index contributed by atoms with van der Waals surface area (Å²) in [6, 6.07) is 4.68. The molecule has 1 aromatic rings. The zero-order valence-corrected chi connectivity index (χ0v) is 12.2. The summed E-state index contributed by atoms with van der Waals surface area (Å²) in [5.74, 6) is -0.298. The minimum absolute atomic E-state index is 0.0720. The zero-order chi connectivity index (χ0) is 14.2. The largest absolute Gasteiger partial charge is 0.389 e. The van der Waals surface area contributed by atoms with Gasteiger partial charge in [0.15, 0.2) is 0 Å². The van der Waals surface area contributed by atoms with Gasteiger partial charge in [-0.3, -0.25) is 4.90 Å². The van der Waals surface area contributed by atoms with Crippen LogP contribution in [0.4, 0.5) is 10.1 Å². The molecule has 0 aromatic heterocycles. The van der Waals surface area contributed by atoms with Crippen molar-refractivity contribution >= 4 is 5.69 Å². The van der Waals surface area contributed by atoms with E-state index in [-0.39, 0.29) is 11.4 Å². The van der Waals surface area contributed by atoms with Crippen molar-refractivity contribution in [2.45, 2.75) is 32.4 Å². The molecule has 1 saturated heterocycles. The predicted octanol–water partition coefficient (Wildman–Crippen LogP) is 2.41. The van der Waals surface area contributed by atoms with Gasteiger partial charge in [-0.1, -0.05) is 0 Å². The van der Waals surface area contributed by atoms with Gasteiger partial charge in [-0.2, -0.15) is 0 Å². The van der Waals surface area contributed by atoms with Gasteiger partial charge < -0.3 is 10.0 Å². The third-order valence-electron chi connectivity index (χ3n) is 4.10. The molecule has 19 heavy (non-hydrogen) atoms. The van der Waals surface area contributed by atoms with Gasteiger partial charge in [-0.15, -0.1) is 0 Å². The first-order valence-electron chi connectivity index (χ1n) is 6.75. The van der Waals surface area contributed by atoms with E-state index in [1.165, 1.54) is 12.1 Å². The summed E-state index contributed by atoms with van der Waals surface area (Å²) in [5.41, 5.74) is 1.68. The molecular formula is C15H23FN2O. The lowest BCUT2D eigenvalue weighted by Crippen LogP contribution is -2.57. The van der Waals surface area contributed by atoms with Gasteiger partial charge in [0.05, 0.1) is 6.10 Å². The molecular weight excluding hydrogens is 243 g/mol. The highest BCUT2D eigenvalue weighted by Crippen LogP contribution is 2.31. The van der Waals surface area contributed by atoms with Gasteiger partial charge >= 0.3 is 0 Å². The van der Waals surface area contributed by atoms with Gasteiger partial charge in [-0.05, 0) is 46.0 Å². The van der Waals surface area contributed by atoms with E-state index in [1.807, 2.05) is 0 Å². The third-order valence-corrected chi connectivity index (χ3v) is 4.10. The second kappa shape index (κ2) is 5.10. The average molecular weight is 266 g/mol. The van der Waals surface area contributed by atoms with Crippen LogP contribution in [0, 0.1) is 5.82 Å². The first kappa shape index (κ1) is 14.3. The second-order valence-corrected chi connectivity index (χ2v) is 6.03. The minimum Gasteiger partial charge on any atom is -0.389 e. The molecule has 0 radical (unpaired) electrons. The van der Waals surface area contributed by atoms with E-state index in [0.29, 0.717) is 5.56 Å². The summed E-state index contributed by atoms with van der Waals surface area (Å²) in [4.78, 5) is 4.57. The van der Waals surface area contributed by atoms with Crippen LogP contribution in [0.15, 0.2) is 18.2 Å². The Morgan fingerprint density at radius 3 is 2.58 bits per heavy atom. The number of anilines is 1. The summed E-state index contributed by atoms with van der Waals surface area (Å²) in [7, 11) is 2.12. The molecule has 2 rings (SSSR count). The first-order valence-corrected chi connectivity index (χ1v) is 6.75. The number of aliphatic hydroxyl groups excluding tert-OH is 1. The smallest absolute Gasteiger partial charge is 0.123 e. The van der Waals surface area contributed by atoms with E-state index in [1.54, 1.807) is 13.0 Å². The van der Waals surface area contributed by atoms with Crippen LogP contribution in [-0.2, 0) is 0 Å². The van der Waals surface area contributed by atoms with Crippen LogP contribution in [0.5, 0.6) is 0 Å². The molecule has 1 N–H and O–H groups in total. The molecule has 1 aromatic carbocycles. The van der Waals surface area contributed by atoms with Crippen LogP contribution in [0.25, 0.3) is 0 Å². The van der Waals surface area contributed by atoms with Gasteiger partial charge in [0.25, 0.3) is 0 Å². The molecule has 1 heterocycles. The van der Waals surface area contributed by atoms with E-state index in [9.17, 15) is 9.50 Å². The van der Waals surface area contributed by atoms with Crippen LogP contribution in [-0.4, -0.2) is 42.2 Å². The fourth-order valence-electron chi connectivity index (χ4n) is 2.59. The topological polar surface area (TPSA) is 26.7 Å². The monoisotopic (exact) mass is 266 g/mol. The Morgan fingerprint density at radius 1 is 1.32 bits per heavy atom. The van der Waals surface area contributed by atoms with Crippen molar-refractivity contribution in [1.29, 1.82) is 0 Å². The summed E-state index contributed by atoms with van der Waals surface area (Å²) in [6.07, 6.45) is -0.659. The third kappa shape index (κ3) is 2.90. The Kier molecular flexibility index (Phi) is 3.83. The maximum atomic E-state index is 13.4. The molecule has 1 aliphatic rings. The lowest BCUT2D eigenvalue weighted by molar-refractivity contribution is 0.138. The fraction of sp³-hybridized carbons (Fsp3) is 0.600. The van der Waals surface area contributed by atoms with Gasteiger partial charge in [0.1, 0.15) is 5.82 Å². The highest BCUT2D eigenvalue weighted by atomic mass is 19.1. The minimum atomic E-state index is -0.659. The summed E-state index contributed by atoms with van der Waals surface area (Å²) in [5, 5.41) is 9.84. The molecule has 0 amide bonds. The SMILES string of the molecule is C[C@H](O)c1cc(F)ccc1N1CCN(C)C(C)(C)C1. The van der Waals surface area contributed by atoms with Crippen molar-refractivity contribution in [2.24, 2.45) is 0 Å². The molecule has 1 atom stereocenters. The molecule has 0 spiro atoms. The van der Waals surface area contributed by atoms with E-state index in [4.69, 9.17) is 0 Å². The molecule has 4 heteroatoms. The van der Waals surface area contributed by atoms with E-state index in [0.717, 1.165) is 25.3 Å². The molecule has 0 bridgehead atoms. The number of piperazine rings is 1.